The van der Waals surface area contributed by atoms with Gasteiger partial charge in [-0.25, -0.2) is 0 Å². The first-order chi connectivity index (χ1) is 9.97. The fraction of sp³-hybridized carbons (Fsp3) is 0.944. The highest BCUT2D eigenvalue weighted by Gasteiger charge is 2.29. The topological polar surface area (TPSA) is 32.3 Å². The molecule has 0 radical (unpaired) electrons. The van der Waals surface area contributed by atoms with Crippen LogP contribution in [0.4, 0.5) is 0 Å². The molecule has 0 aromatic heterocycles. The summed E-state index contributed by atoms with van der Waals surface area (Å²) in [6.07, 6.45) is 8.85. The van der Waals surface area contributed by atoms with Gasteiger partial charge >= 0.3 is 0 Å². The molecule has 2 rings (SSSR count). The van der Waals surface area contributed by atoms with E-state index in [4.69, 9.17) is 0 Å². The second kappa shape index (κ2) is 7.62. The first-order valence-corrected chi connectivity index (χ1v) is 8.97. The Bertz CT molecular complexity index is 336. The fourth-order valence-corrected chi connectivity index (χ4v) is 4.08. The Hall–Kier alpha value is -0.570. The highest BCUT2D eigenvalue weighted by atomic mass is 16.2. The normalized spacial score (nSPS) is 37.5. The van der Waals surface area contributed by atoms with Crippen molar-refractivity contribution >= 4 is 5.91 Å². The number of amides is 1. The van der Waals surface area contributed by atoms with Crippen molar-refractivity contribution in [3.05, 3.63) is 0 Å². The lowest BCUT2D eigenvalue weighted by atomic mass is 9.78. The van der Waals surface area contributed by atoms with Crippen LogP contribution in [0, 0.1) is 17.8 Å². The molecule has 122 valence electrons. The summed E-state index contributed by atoms with van der Waals surface area (Å²) in [5.74, 6) is 2.44. The van der Waals surface area contributed by atoms with E-state index in [0.29, 0.717) is 24.5 Å². The van der Waals surface area contributed by atoms with Gasteiger partial charge < -0.3 is 5.32 Å². The van der Waals surface area contributed by atoms with Gasteiger partial charge in [0.25, 0.3) is 0 Å². The first-order valence-electron chi connectivity index (χ1n) is 8.97. The van der Waals surface area contributed by atoms with Gasteiger partial charge in [-0.1, -0.05) is 33.6 Å². The summed E-state index contributed by atoms with van der Waals surface area (Å²) >= 11 is 0. The second-order valence-corrected chi connectivity index (χ2v) is 7.77. The number of likely N-dealkylation sites (N-methyl/N-ethyl adjacent to an activating group) is 1. The summed E-state index contributed by atoms with van der Waals surface area (Å²) in [6.45, 7) is 7.52. The van der Waals surface area contributed by atoms with Gasteiger partial charge in [0, 0.05) is 12.1 Å². The van der Waals surface area contributed by atoms with E-state index >= 15 is 0 Å². The van der Waals surface area contributed by atoms with Crippen molar-refractivity contribution in [3.63, 3.8) is 0 Å². The van der Waals surface area contributed by atoms with Crippen LogP contribution in [-0.2, 0) is 4.79 Å². The van der Waals surface area contributed by atoms with Crippen LogP contribution >= 0.6 is 0 Å². The molecule has 0 spiro atoms. The largest absolute Gasteiger partial charge is 0.352 e. The van der Waals surface area contributed by atoms with Crippen LogP contribution < -0.4 is 5.32 Å². The minimum absolute atomic E-state index is 0.224. The van der Waals surface area contributed by atoms with Gasteiger partial charge in [-0.05, 0) is 56.9 Å². The monoisotopic (exact) mass is 294 g/mol. The van der Waals surface area contributed by atoms with Crippen LogP contribution in [0.1, 0.15) is 65.7 Å². The molecule has 2 saturated carbocycles. The number of rotatable bonds is 4. The smallest absolute Gasteiger partial charge is 0.234 e. The van der Waals surface area contributed by atoms with Gasteiger partial charge in [0.1, 0.15) is 0 Å². The molecule has 3 atom stereocenters. The Morgan fingerprint density at radius 3 is 2.38 bits per heavy atom. The summed E-state index contributed by atoms with van der Waals surface area (Å²) in [7, 11) is 2.12. The number of carbonyl (C=O) groups is 1. The molecule has 0 aromatic rings. The number of carbonyl (C=O) groups excluding carboxylic acids is 1. The zero-order chi connectivity index (χ0) is 15.4. The van der Waals surface area contributed by atoms with Crippen molar-refractivity contribution in [2.24, 2.45) is 17.8 Å². The Morgan fingerprint density at radius 2 is 1.71 bits per heavy atom. The van der Waals surface area contributed by atoms with Gasteiger partial charge in [0.05, 0.1) is 6.54 Å². The lowest BCUT2D eigenvalue weighted by molar-refractivity contribution is -0.124. The molecule has 1 N–H and O–H groups in total. The van der Waals surface area contributed by atoms with E-state index in [1.54, 1.807) is 0 Å². The maximum absolute atomic E-state index is 12.3. The van der Waals surface area contributed by atoms with E-state index in [0.717, 1.165) is 18.3 Å². The van der Waals surface area contributed by atoms with Gasteiger partial charge in [-0.3, -0.25) is 9.69 Å². The fourth-order valence-electron chi connectivity index (χ4n) is 4.08. The van der Waals surface area contributed by atoms with E-state index < -0.39 is 0 Å². The van der Waals surface area contributed by atoms with Crippen molar-refractivity contribution in [2.75, 3.05) is 13.6 Å². The van der Waals surface area contributed by atoms with Crippen molar-refractivity contribution in [2.45, 2.75) is 77.8 Å². The molecule has 21 heavy (non-hydrogen) atoms. The number of nitrogens with zero attached hydrogens (tertiary/aromatic N) is 1. The standard InChI is InChI=1S/C18H34N2O/c1-13-8-10-16(11-9-13)20(4)12-18(21)19-17-7-5-6-14(2)15(17)3/h13-17H,5-12H2,1-4H3,(H,19,21). The van der Waals surface area contributed by atoms with Crippen LogP contribution in [-0.4, -0.2) is 36.5 Å². The molecular weight excluding hydrogens is 260 g/mol. The molecule has 3 unspecified atom stereocenters. The summed E-state index contributed by atoms with van der Waals surface area (Å²) < 4.78 is 0. The van der Waals surface area contributed by atoms with Crippen molar-refractivity contribution in [3.8, 4) is 0 Å². The first kappa shape index (κ1) is 16.8. The molecule has 3 heteroatoms. The van der Waals surface area contributed by atoms with Crippen LogP contribution in [0.25, 0.3) is 0 Å². The molecule has 0 aromatic carbocycles. The molecule has 0 heterocycles. The molecule has 1 amide bonds. The predicted molar refractivity (Wildman–Crippen MR) is 88.2 cm³/mol. The minimum atomic E-state index is 0.224. The quantitative estimate of drug-likeness (QED) is 0.861. The van der Waals surface area contributed by atoms with Crippen LogP contribution in [0.3, 0.4) is 0 Å². The zero-order valence-corrected chi connectivity index (χ0v) is 14.4. The predicted octanol–water partition coefficient (Wildman–Crippen LogP) is 3.44. The lowest BCUT2D eigenvalue weighted by Gasteiger charge is -2.36. The van der Waals surface area contributed by atoms with Crippen molar-refractivity contribution in [1.29, 1.82) is 0 Å². The molecule has 0 aliphatic heterocycles. The number of hydrogen-bond acceptors (Lipinski definition) is 2. The summed E-state index contributed by atoms with van der Waals surface area (Å²) in [4.78, 5) is 14.6. The van der Waals surface area contributed by atoms with Crippen molar-refractivity contribution < 1.29 is 4.79 Å². The zero-order valence-electron chi connectivity index (χ0n) is 14.4. The highest BCUT2D eigenvalue weighted by Crippen LogP contribution is 2.29. The maximum atomic E-state index is 12.3. The Morgan fingerprint density at radius 1 is 1.05 bits per heavy atom. The Balaban J connectivity index is 1.76. The lowest BCUT2D eigenvalue weighted by Crippen LogP contribution is -2.48. The minimum Gasteiger partial charge on any atom is -0.352 e. The van der Waals surface area contributed by atoms with Gasteiger partial charge in [-0.2, -0.15) is 0 Å². The summed E-state index contributed by atoms with van der Waals surface area (Å²) in [5.41, 5.74) is 0. The van der Waals surface area contributed by atoms with E-state index in [1.165, 1.54) is 38.5 Å². The van der Waals surface area contributed by atoms with E-state index in [-0.39, 0.29) is 5.91 Å². The van der Waals surface area contributed by atoms with E-state index in [9.17, 15) is 4.79 Å². The third kappa shape index (κ3) is 4.70. The summed E-state index contributed by atoms with van der Waals surface area (Å²) in [5, 5.41) is 3.30. The van der Waals surface area contributed by atoms with Crippen LogP contribution in [0.5, 0.6) is 0 Å². The Labute approximate surface area is 130 Å². The van der Waals surface area contributed by atoms with Gasteiger partial charge in [-0.15, -0.1) is 0 Å². The summed E-state index contributed by atoms with van der Waals surface area (Å²) in [6, 6.07) is 0.996. The molecule has 0 saturated heterocycles. The average molecular weight is 294 g/mol. The van der Waals surface area contributed by atoms with Crippen molar-refractivity contribution in [1.82, 2.24) is 10.2 Å². The third-order valence-electron chi connectivity index (χ3n) is 6.05. The molecule has 2 fully saturated rings. The molecular formula is C18H34N2O. The van der Waals surface area contributed by atoms with Gasteiger partial charge in [0.15, 0.2) is 0 Å². The Kier molecular flexibility index (Phi) is 6.09. The van der Waals surface area contributed by atoms with Gasteiger partial charge in [0.2, 0.25) is 5.91 Å². The number of nitrogens with one attached hydrogen (secondary N) is 1. The molecule has 2 aliphatic carbocycles. The van der Waals surface area contributed by atoms with Crippen LogP contribution in [0.2, 0.25) is 0 Å². The molecule has 0 bridgehead atoms. The van der Waals surface area contributed by atoms with E-state index in [2.05, 4.69) is 38.0 Å². The van der Waals surface area contributed by atoms with E-state index in [1.807, 2.05) is 0 Å². The number of hydrogen-bond donors (Lipinski definition) is 1. The van der Waals surface area contributed by atoms with Crippen LogP contribution in [0.15, 0.2) is 0 Å². The highest BCUT2D eigenvalue weighted by molar-refractivity contribution is 5.78. The average Bonchev–Trinajstić information content (AvgIpc) is 2.44. The molecule has 3 nitrogen and oxygen atoms in total. The maximum Gasteiger partial charge on any atom is 0.234 e. The SMILES string of the molecule is CC1CCC(N(C)CC(=O)NC2CCCC(C)C2C)CC1. The second-order valence-electron chi connectivity index (χ2n) is 7.77. The molecule has 2 aliphatic rings. The third-order valence-corrected chi connectivity index (χ3v) is 6.05.